The summed E-state index contributed by atoms with van der Waals surface area (Å²) in [4.78, 5) is 31.5. The van der Waals surface area contributed by atoms with Crippen LogP contribution in [0.15, 0.2) is 54.7 Å². The fourth-order valence-electron chi connectivity index (χ4n) is 3.53. The van der Waals surface area contributed by atoms with Gasteiger partial charge in [-0.25, -0.2) is 9.37 Å². The van der Waals surface area contributed by atoms with Crippen molar-refractivity contribution in [1.82, 2.24) is 10.3 Å². The van der Waals surface area contributed by atoms with Crippen molar-refractivity contribution in [2.45, 2.75) is 25.7 Å². The first-order chi connectivity index (χ1) is 14.6. The van der Waals surface area contributed by atoms with Gasteiger partial charge < -0.3 is 10.2 Å². The number of carbonyl (C=O) groups is 2. The molecule has 3 aromatic rings. The lowest BCUT2D eigenvalue weighted by Crippen LogP contribution is -2.30. The van der Waals surface area contributed by atoms with E-state index in [1.807, 2.05) is 23.1 Å². The summed E-state index contributed by atoms with van der Waals surface area (Å²) >= 11 is 1.32. The molecule has 0 saturated carbocycles. The molecule has 1 aromatic heterocycles. The second-order valence-corrected chi connectivity index (χ2v) is 8.32. The summed E-state index contributed by atoms with van der Waals surface area (Å²) in [7, 11) is 0. The number of rotatable bonds is 7. The van der Waals surface area contributed by atoms with Crippen molar-refractivity contribution >= 4 is 28.8 Å². The first-order valence-corrected chi connectivity index (χ1v) is 10.8. The Hall–Kier alpha value is -3.06. The molecule has 30 heavy (non-hydrogen) atoms. The fraction of sp³-hybridized carbons (Fsp3) is 0.261. The van der Waals surface area contributed by atoms with Crippen LogP contribution in [0.5, 0.6) is 0 Å². The van der Waals surface area contributed by atoms with Crippen molar-refractivity contribution < 1.29 is 14.0 Å². The molecule has 0 aliphatic carbocycles. The Kier molecular flexibility index (Phi) is 6.18. The van der Waals surface area contributed by atoms with Crippen LogP contribution in [0, 0.1) is 5.82 Å². The SMILES string of the molecule is O=C(NCCCC(=O)N1CCc2ccccc21)c1cnc(Cc2ccc(F)cc2)s1. The van der Waals surface area contributed by atoms with Crippen molar-refractivity contribution in [3.63, 3.8) is 0 Å². The molecule has 0 atom stereocenters. The van der Waals surface area contributed by atoms with Crippen LogP contribution < -0.4 is 10.2 Å². The predicted molar refractivity (Wildman–Crippen MR) is 115 cm³/mol. The van der Waals surface area contributed by atoms with E-state index >= 15 is 0 Å². The van der Waals surface area contributed by atoms with E-state index in [-0.39, 0.29) is 17.6 Å². The minimum absolute atomic E-state index is 0.0913. The first kappa shape index (κ1) is 20.2. The van der Waals surface area contributed by atoms with E-state index < -0.39 is 0 Å². The number of hydrogen-bond donors (Lipinski definition) is 1. The Labute approximate surface area is 178 Å². The molecule has 2 heterocycles. The zero-order valence-corrected chi connectivity index (χ0v) is 17.3. The number of halogens is 1. The number of benzene rings is 2. The topological polar surface area (TPSA) is 62.3 Å². The highest BCUT2D eigenvalue weighted by atomic mass is 32.1. The zero-order valence-electron chi connectivity index (χ0n) is 16.4. The number of thiazole rings is 1. The van der Waals surface area contributed by atoms with Crippen molar-refractivity contribution in [2.75, 3.05) is 18.0 Å². The lowest BCUT2D eigenvalue weighted by Gasteiger charge is -2.17. The van der Waals surface area contributed by atoms with E-state index in [1.165, 1.54) is 29.0 Å². The van der Waals surface area contributed by atoms with Gasteiger partial charge in [-0.2, -0.15) is 0 Å². The van der Waals surface area contributed by atoms with Gasteiger partial charge in [-0.1, -0.05) is 30.3 Å². The Bertz CT molecular complexity index is 1050. The third kappa shape index (κ3) is 4.74. The molecule has 1 N–H and O–H groups in total. The van der Waals surface area contributed by atoms with Crippen LogP contribution in [-0.2, 0) is 17.6 Å². The van der Waals surface area contributed by atoms with Crippen molar-refractivity contribution in [3.05, 3.63) is 81.6 Å². The van der Waals surface area contributed by atoms with E-state index in [9.17, 15) is 14.0 Å². The highest BCUT2D eigenvalue weighted by molar-refractivity contribution is 7.13. The standard InChI is InChI=1S/C23H22FN3O2S/c24-18-9-7-16(8-10-18)14-21-26-15-20(30-21)23(29)25-12-3-6-22(28)27-13-11-17-4-1-2-5-19(17)27/h1-2,4-5,7-10,15H,3,6,11-14H2,(H,25,29). The van der Waals surface area contributed by atoms with E-state index in [0.29, 0.717) is 30.7 Å². The second kappa shape index (κ2) is 9.17. The minimum Gasteiger partial charge on any atom is -0.351 e. The Balaban J connectivity index is 1.22. The Morgan fingerprint density at radius 3 is 2.77 bits per heavy atom. The number of para-hydroxylation sites is 1. The second-order valence-electron chi connectivity index (χ2n) is 7.21. The van der Waals surface area contributed by atoms with Gasteiger partial charge in [0.05, 0.1) is 11.2 Å². The normalized spacial score (nSPS) is 12.6. The zero-order chi connectivity index (χ0) is 20.9. The molecular formula is C23H22FN3O2S. The molecule has 1 aliphatic heterocycles. The Morgan fingerprint density at radius 2 is 1.93 bits per heavy atom. The van der Waals surface area contributed by atoms with E-state index in [4.69, 9.17) is 0 Å². The van der Waals surface area contributed by atoms with Crippen LogP contribution in [-0.4, -0.2) is 29.9 Å². The number of carbonyl (C=O) groups excluding carboxylic acids is 2. The number of anilines is 1. The highest BCUT2D eigenvalue weighted by Crippen LogP contribution is 2.28. The molecule has 0 bridgehead atoms. The summed E-state index contributed by atoms with van der Waals surface area (Å²) in [6, 6.07) is 14.2. The van der Waals surface area contributed by atoms with Crippen molar-refractivity contribution in [3.8, 4) is 0 Å². The van der Waals surface area contributed by atoms with Crippen LogP contribution in [0.1, 0.15) is 38.6 Å². The molecular weight excluding hydrogens is 401 g/mol. The third-order valence-corrected chi connectivity index (χ3v) is 6.08. The molecule has 2 aromatic carbocycles. The summed E-state index contributed by atoms with van der Waals surface area (Å²) in [6.07, 6.45) is 4.00. The van der Waals surface area contributed by atoms with Gasteiger partial charge in [-0.3, -0.25) is 9.59 Å². The lowest BCUT2D eigenvalue weighted by atomic mass is 10.2. The molecule has 7 heteroatoms. The number of aromatic nitrogens is 1. The maximum Gasteiger partial charge on any atom is 0.263 e. The van der Waals surface area contributed by atoms with Crippen molar-refractivity contribution in [2.24, 2.45) is 0 Å². The maximum absolute atomic E-state index is 13.0. The lowest BCUT2D eigenvalue weighted by molar-refractivity contribution is -0.118. The van der Waals surface area contributed by atoms with Gasteiger partial charge in [0.25, 0.3) is 5.91 Å². The molecule has 0 unspecified atom stereocenters. The summed E-state index contributed by atoms with van der Waals surface area (Å²) in [6.45, 7) is 1.16. The molecule has 0 radical (unpaired) electrons. The average molecular weight is 424 g/mol. The molecule has 154 valence electrons. The van der Waals surface area contributed by atoms with Gasteiger partial charge in [-0.15, -0.1) is 11.3 Å². The smallest absolute Gasteiger partial charge is 0.263 e. The Morgan fingerprint density at radius 1 is 1.13 bits per heavy atom. The molecule has 4 rings (SSSR count). The number of amides is 2. The monoisotopic (exact) mass is 423 g/mol. The predicted octanol–water partition coefficient (Wildman–Crippen LogP) is 3.97. The van der Waals surface area contributed by atoms with Gasteiger partial charge in [0.2, 0.25) is 5.91 Å². The maximum atomic E-state index is 13.0. The quantitative estimate of drug-likeness (QED) is 0.585. The number of nitrogens with one attached hydrogen (secondary N) is 1. The molecule has 2 amide bonds. The molecule has 5 nitrogen and oxygen atoms in total. The summed E-state index contributed by atoms with van der Waals surface area (Å²) in [5.74, 6) is -0.365. The first-order valence-electron chi connectivity index (χ1n) is 9.96. The number of hydrogen-bond acceptors (Lipinski definition) is 4. The average Bonchev–Trinajstić information content (AvgIpc) is 3.40. The van der Waals surface area contributed by atoms with Gasteiger partial charge in [0, 0.05) is 31.6 Å². The molecule has 0 saturated heterocycles. The van der Waals surface area contributed by atoms with Crippen LogP contribution in [0.3, 0.4) is 0 Å². The van der Waals surface area contributed by atoms with E-state index in [1.54, 1.807) is 18.3 Å². The van der Waals surface area contributed by atoms with E-state index in [0.717, 1.165) is 29.2 Å². The summed E-state index contributed by atoms with van der Waals surface area (Å²) in [5.41, 5.74) is 3.16. The number of fused-ring (bicyclic) bond motifs is 1. The van der Waals surface area contributed by atoms with Crippen LogP contribution >= 0.6 is 11.3 Å². The minimum atomic E-state index is -0.273. The van der Waals surface area contributed by atoms with Crippen LogP contribution in [0.25, 0.3) is 0 Å². The van der Waals surface area contributed by atoms with Crippen LogP contribution in [0.4, 0.5) is 10.1 Å². The van der Waals surface area contributed by atoms with Gasteiger partial charge in [0.1, 0.15) is 10.7 Å². The summed E-state index contributed by atoms with van der Waals surface area (Å²) in [5, 5.41) is 3.66. The van der Waals surface area contributed by atoms with Crippen LogP contribution in [0.2, 0.25) is 0 Å². The van der Waals surface area contributed by atoms with E-state index in [2.05, 4.69) is 16.4 Å². The van der Waals surface area contributed by atoms with Gasteiger partial charge in [0.15, 0.2) is 0 Å². The third-order valence-electron chi connectivity index (χ3n) is 5.09. The molecule has 0 spiro atoms. The van der Waals surface area contributed by atoms with Gasteiger partial charge in [-0.05, 0) is 42.2 Å². The highest BCUT2D eigenvalue weighted by Gasteiger charge is 2.23. The van der Waals surface area contributed by atoms with Crippen molar-refractivity contribution in [1.29, 1.82) is 0 Å². The largest absolute Gasteiger partial charge is 0.351 e. The molecule has 1 aliphatic rings. The summed E-state index contributed by atoms with van der Waals surface area (Å²) < 4.78 is 13.0. The van der Waals surface area contributed by atoms with Gasteiger partial charge >= 0.3 is 0 Å². The molecule has 0 fully saturated rings. The fourth-order valence-corrected chi connectivity index (χ4v) is 4.40. The number of nitrogens with zero attached hydrogens (tertiary/aromatic N) is 2.